The highest BCUT2D eigenvalue weighted by Crippen LogP contribution is 2.38. The summed E-state index contributed by atoms with van der Waals surface area (Å²) in [6.45, 7) is 8.48. The molecule has 1 N–H and O–H groups in total. The lowest BCUT2D eigenvalue weighted by atomic mass is 10.1. The lowest BCUT2D eigenvalue weighted by Crippen LogP contribution is -2.30. The summed E-state index contributed by atoms with van der Waals surface area (Å²) < 4.78 is 11.6. The number of nitrogens with zero attached hydrogens (tertiary/aromatic N) is 1. The molecule has 1 aliphatic rings. The summed E-state index contributed by atoms with van der Waals surface area (Å²) in [5.74, 6) is 0.581. The quantitative estimate of drug-likeness (QED) is 0.444. The van der Waals surface area contributed by atoms with Crippen LogP contribution < -0.4 is 14.8 Å². The van der Waals surface area contributed by atoms with Crippen molar-refractivity contribution in [2.75, 3.05) is 6.61 Å². The van der Waals surface area contributed by atoms with Crippen LogP contribution in [0.25, 0.3) is 6.08 Å². The predicted molar refractivity (Wildman–Crippen MR) is 121 cm³/mol. The maximum absolute atomic E-state index is 12.8. The zero-order valence-corrected chi connectivity index (χ0v) is 19.0. The summed E-state index contributed by atoms with van der Waals surface area (Å²) in [4.78, 5) is 26.4. The van der Waals surface area contributed by atoms with Gasteiger partial charge in [0.05, 0.1) is 24.3 Å². The third-order valence-corrected chi connectivity index (χ3v) is 5.24. The molecule has 2 aromatic carbocycles. The van der Waals surface area contributed by atoms with Crippen LogP contribution in [-0.2, 0) is 11.3 Å². The van der Waals surface area contributed by atoms with Crippen LogP contribution in [0.5, 0.6) is 11.5 Å². The topological polar surface area (TPSA) is 67.9 Å². The molecule has 3 rings (SSSR count). The average molecular weight is 443 g/mol. The molecule has 31 heavy (non-hydrogen) atoms. The van der Waals surface area contributed by atoms with Gasteiger partial charge in [-0.05, 0) is 56.5 Å². The van der Waals surface area contributed by atoms with Gasteiger partial charge in [0.1, 0.15) is 5.70 Å². The van der Waals surface area contributed by atoms with Gasteiger partial charge in [0, 0.05) is 0 Å². The second-order valence-electron chi connectivity index (χ2n) is 7.46. The van der Waals surface area contributed by atoms with Gasteiger partial charge in [0.25, 0.3) is 5.91 Å². The molecule has 1 aliphatic heterocycles. The monoisotopic (exact) mass is 442 g/mol. The van der Waals surface area contributed by atoms with Crippen LogP contribution in [0.15, 0.2) is 42.1 Å². The number of carbonyl (C=O) groups is 2. The number of urea groups is 1. The molecule has 0 unspecified atom stereocenters. The predicted octanol–water partition coefficient (Wildman–Crippen LogP) is 5.32. The number of benzene rings is 2. The smallest absolute Gasteiger partial charge is 0.329 e. The van der Waals surface area contributed by atoms with Crippen molar-refractivity contribution in [3.63, 3.8) is 0 Å². The number of halogens is 1. The Morgan fingerprint density at radius 2 is 1.87 bits per heavy atom. The van der Waals surface area contributed by atoms with Crippen molar-refractivity contribution in [1.82, 2.24) is 10.2 Å². The van der Waals surface area contributed by atoms with Crippen LogP contribution in [0.1, 0.15) is 43.9 Å². The number of imide groups is 1. The molecule has 0 aliphatic carbocycles. The maximum atomic E-state index is 12.8. The maximum Gasteiger partial charge on any atom is 0.329 e. The molecule has 0 spiro atoms. The van der Waals surface area contributed by atoms with Crippen molar-refractivity contribution in [2.45, 2.75) is 46.8 Å². The first-order valence-corrected chi connectivity index (χ1v) is 10.7. The summed E-state index contributed by atoms with van der Waals surface area (Å²) >= 11 is 6.45. The van der Waals surface area contributed by atoms with Crippen LogP contribution in [0, 0.1) is 6.92 Å². The number of hydrogen-bond acceptors (Lipinski definition) is 4. The third kappa shape index (κ3) is 5.39. The molecule has 0 saturated carbocycles. The second-order valence-corrected chi connectivity index (χ2v) is 7.87. The van der Waals surface area contributed by atoms with Crippen LogP contribution in [0.4, 0.5) is 4.79 Å². The minimum atomic E-state index is -0.454. The van der Waals surface area contributed by atoms with Crippen molar-refractivity contribution in [1.29, 1.82) is 0 Å². The Hall–Kier alpha value is -2.99. The molecule has 0 radical (unpaired) electrons. The van der Waals surface area contributed by atoms with Gasteiger partial charge in [-0.15, -0.1) is 0 Å². The fraction of sp³-hybridized carbons (Fsp3) is 0.333. The largest absolute Gasteiger partial charge is 0.490 e. The van der Waals surface area contributed by atoms with Crippen LogP contribution >= 0.6 is 11.6 Å². The van der Waals surface area contributed by atoms with E-state index in [1.165, 1.54) is 4.90 Å². The zero-order valence-electron chi connectivity index (χ0n) is 18.2. The molecule has 1 atom stereocenters. The Balaban J connectivity index is 1.86. The van der Waals surface area contributed by atoms with Gasteiger partial charge in [-0.3, -0.25) is 9.69 Å². The Kier molecular flexibility index (Phi) is 7.23. The highest BCUT2D eigenvalue weighted by molar-refractivity contribution is 6.32. The van der Waals surface area contributed by atoms with Crippen molar-refractivity contribution in [2.24, 2.45) is 0 Å². The zero-order chi connectivity index (χ0) is 22.5. The van der Waals surface area contributed by atoms with E-state index in [9.17, 15) is 9.59 Å². The van der Waals surface area contributed by atoms with Gasteiger partial charge in [0.15, 0.2) is 11.5 Å². The minimum Gasteiger partial charge on any atom is -0.490 e. The summed E-state index contributed by atoms with van der Waals surface area (Å²) in [5.41, 5.74) is 2.81. The van der Waals surface area contributed by atoms with E-state index in [-0.39, 0.29) is 24.3 Å². The van der Waals surface area contributed by atoms with E-state index in [2.05, 4.69) is 5.32 Å². The molecule has 1 saturated heterocycles. The summed E-state index contributed by atoms with van der Waals surface area (Å²) in [6.07, 6.45) is 2.40. The Labute approximate surface area is 187 Å². The summed E-state index contributed by atoms with van der Waals surface area (Å²) in [6, 6.07) is 10.7. The number of aryl methyl sites for hydroxylation is 1. The fourth-order valence-electron chi connectivity index (χ4n) is 3.09. The lowest BCUT2D eigenvalue weighted by molar-refractivity contribution is -0.123. The van der Waals surface area contributed by atoms with E-state index >= 15 is 0 Å². The SMILES string of the molecule is CCOc1cc(/C=C2/NC(=O)N(Cc3ccc(C)cc3)C2=O)cc(Cl)c1O[C@H](C)CC. The Morgan fingerprint density at radius 1 is 1.16 bits per heavy atom. The summed E-state index contributed by atoms with van der Waals surface area (Å²) in [7, 11) is 0. The molecule has 0 bridgehead atoms. The van der Waals surface area contributed by atoms with Gasteiger partial charge in [-0.2, -0.15) is 0 Å². The molecule has 7 heteroatoms. The van der Waals surface area contributed by atoms with E-state index < -0.39 is 6.03 Å². The van der Waals surface area contributed by atoms with E-state index in [0.29, 0.717) is 28.7 Å². The first-order valence-electron chi connectivity index (χ1n) is 10.4. The molecule has 0 aromatic heterocycles. The van der Waals surface area contributed by atoms with Crippen molar-refractivity contribution >= 4 is 29.6 Å². The molecule has 3 amide bonds. The lowest BCUT2D eigenvalue weighted by Gasteiger charge is -2.18. The third-order valence-electron chi connectivity index (χ3n) is 4.96. The summed E-state index contributed by atoms with van der Waals surface area (Å²) in [5, 5.41) is 3.03. The molecular formula is C24H27ClN2O4. The average Bonchev–Trinajstić information content (AvgIpc) is 2.99. The van der Waals surface area contributed by atoms with E-state index in [1.54, 1.807) is 18.2 Å². The van der Waals surface area contributed by atoms with Crippen molar-refractivity contribution in [3.05, 3.63) is 63.8 Å². The first-order chi connectivity index (χ1) is 14.8. The van der Waals surface area contributed by atoms with Gasteiger partial charge >= 0.3 is 6.03 Å². The Bertz CT molecular complexity index is 1000. The molecular weight excluding hydrogens is 416 g/mol. The van der Waals surface area contributed by atoms with E-state index in [1.807, 2.05) is 52.0 Å². The number of rotatable bonds is 8. The number of nitrogens with one attached hydrogen (secondary N) is 1. The highest BCUT2D eigenvalue weighted by atomic mass is 35.5. The minimum absolute atomic E-state index is 0.0214. The van der Waals surface area contributed by atoms with Crippen molar-refractivity contribution in [3.8, 4) is 11.5 Å². The Morgan fingerprint density at radius 3 is 2.52 bits per heavy atom. The van der Waals surface area contributed by atoms with Crippen LogP contribution in [0.2, 0.25) is 5.02 Å². The number of hydrogen-bond donors (Lipinski definition) is 1. The van der Waals surface area contributed by atoms with Gasteiger partial charge in [-0.1, -0.05) is 48.4 Å². The number of amides is 3. The molecule has 1 heterocycles. The number of carbonyl (C=O) groups excluding carboxylic acids is 2. The second kappa shape index (κ2) is 9.88. The molecule has 2 aromatic rings. The van der Waals surface area contributed by atoms with E-state index in [4.69, 9.17) is 21.1 Å². The highest BCUT2D eigenvalue weighted by Gasteiger charge is 2.33. The van der Waals surface area contributed by atoms with E-state index in [0.717, 1.165) is 17.5 Å². The normalized spacial score (nSPS) is 15.9. The van der Waals surface area contributed by atoms with Crippen molar-refractivity contribution < 1.29 is 19.1 Å². The molecule has 164 valence electrons. The fourth-order valence-corrected chi connectivity index (χ4v) is 3.35. The van der Waals surface area contributed by atoms with Gasteiger partial charge in [-0.25, -0.2) is 4.79 Å². The number of ether oxygens (including phenoxy) is 2. The molecule has 1 fully saturated rings. The van der Waals surface area contributed by atoms with Gasteiger partial charge in [0.2, 0.25) is 0 Å². The van der Waals surface area contributed by atoms with Crippen LogP contribution in [-0.4, -0.2) is 29.5 Å². The first kappa shape index (κ1) is 22.7. The van der Waals surface area contributed by atoms with Crippen LogP contribution in [0.3, 0.4) is 0 Å². The standard InChI is InChI=1S/C24H27ClN2O4/c1-5-16(4)31-22-19(25)11-18(13-21(22)30-6-2)12-20-23(28)27(24(29)26-20)14-17-9-7-15(3)8-10-17/h7-13,16H,5-6,14H2,1-4H3,(H,26,29)/b20-12+/t16-/m1/s1. The van der Waals surface area contributed by atoms with Gasteiger partial charge < -0.3 is 14.8 Å². The molecule has 6 nitrogen and oxygen atoms in total.